The monoisotopic (exact) mass is 180 g/mol. The van der Waals surface area contributed by atoms with E-state index in [1.165, 1.54) is 0 Å². The molecule has 1 rings (SSSR count). The number of carbonyl (C=O) groups excluding carboxylic acids is 1. The van der Waals surface area contributed by atoms with Gasteiger partial charge in [0.1, 0.15) is 5.75 Å². The van der Waals surface area contributed by atoms with E-state index in [1.54, 1.807) is 31.2 Å². The Kier molecular flexibility index (Phi) is 3.46. The van der Waals surface area contributed by atoms with E-state index in [9.17, 15) is 4.79 Å². The number of carbonyl (C=O) groups is 1. The van der Waals surface area contributed by atoms with Crippen LogP contribution in [0.5, 0.6) is 5.75 Å². The van der Waals surface area contributed by atoms with E-state index in [0.717, 1.165) is 11.8 Å². The Morgan fingerprint density at radius 1 is 1.46 bits per heavy atom. The number of hydrogen-bond acceptors (Lipinski definition) is 3. The molecule has 0 aliphatic heterocycles. The summed E-state index contributed by atoms with van der Waals surface area (Å²) in [6.07, 6.45) is 0.305. The molecule has 70 valence electrons. The second-order valence-electron chi connectivity index (χ2n) is 2.76. The number of aliphatic hydroxyl groups excluding tert-OH is 1. The van der Waals surface area contributed by atoms with E-state index in [1.807, 2.05) is 0 Å². The molecule has 0 bridgehead atoms. The highest BCUT2D eigenvalue weighted by Crippen LogP contribution is 2.13. The van der Waals surface area contributed by atoms with Crippen LogP contribution in [0, 0.1) is 0 Å². The molecule has 0 aliphatic rings. The summed E-state index contributed by atoms with van der Waals surface area (Å²) in [4.78, 5) is 10.3. The van der Waals surface area contributed by atoms with Gasteiger partial charge in [-0.1, -0.05) is 12.1 Å². The van der Waals surface area contributed by atoms with Gasteiger partial charge in [0, 0.05) is 0 Å². The van der Waals surface area contributed by atoms with Crippen molar-refractivity contribution in [2.45, 2.75) is 19.6 Å². The Morgan fingerprint density at radius 3 is 2.54 bits per heavy atom. The van der Waals surface area contributed by atoms with Crippen molar-refractivity contribution in [3.63, 3.8) is 0 Å². The van der Waals surface area contributed by atoms with Gasteiger partial charge in [0.2, 0.25) is 0 Å². The normalized spacial score (nSPS) is 12.2. The van der Waals surface area contributed by atoms with Crippen molar-refractivity contribution in [2.75, 3.05) is 0 Å². The van der Waals surface area contributed by atoms with Crippen LogP contribution in [0.1, 0.15) is 12.5 Å². The zero-order chi connectivity index (χ0) is 9.68. The van der Waals surface area contributed by atoms with Gasteiger partial charge in [-0.3, -0.25) is 4.79 Å². The molecule has 0 amide bonds. The average molecular weight is 180 g/mol. The lowest BCUT2D eigenvalue weighted by Gasteiger charge is -2.08. The molecule has 0 fully saturated rings. The first-order valence-electron chi connectivity index (χ1n) is 4.08. The second kappa shape index (κ2) is 4.62. The van der Waals surface area contributed by atoms with Gasteiger partial charge in [-0.05, 0) is 24.6 Å². The fourth-order valence-electron chi connectivity index (χ4n) is 0.916. The Hall–Kier alpha value is -1.35. The van der Waals surface area contributed by atoms with E-state index in [2.05, 4.69) is 0 Å². The quantitative estimate of drug-likeness (QED) is 0.707. The van der Waals surface area contributed by atoms with Crippen LogP contribution in [0.25, 0.3) is 0 Å². The summed E-state index contributed by atoms with van der Waals surface area (Å²) in [7, 11) is 0. The maximum Gasteiger partial charge on any atom is 0.160 e. The predicted molar refractivity (Wildman–Crippen MR) is 48.5 cm³/mol. The van der Waals surface area contributed by atoms with Crippen LogP contribution in [0.2, 0.25) is 0 Å². The third-order valence-corrected chi connectivity index (χ3v) is 1.62. The fraction of sp³-hybridized carbons (Fsp3) is 0.300. The summed E-state index contributed by atoms with van der Waals surface area (Å²) >= 11 is 0. The van der Waals surface area contributed by atoms with Crippen LogP contribution in [-0.2, 0) is 11.4 Å². The van der Waals surface area contributed by atoms with E-state index >= 15 is 0 Å². The first-order valence-corrected chi connectivity index (χ1v) is 4.08. The van der Waals surface area contributed by atoms with E-state index < -0.39 is 6.10 Å². The number of benzene rings is 1. The highest BCUT2D eigenvalue weighted by molar-refractivity contribution is 5.56. The summed E-state index contributed by atoms with van der Waals surface area (Å²) < 4.78 is 5.21. The third-order valence-electron chi connectivity index (χ3n) is 1.62. The zero-order valence-electron chi connectivity index (χ0n) is 7.43. The standard InChI is InChI=1S/C10H12O3/c1-8(6-11)13-10-4-2-9(7-12)3-5-10/h2-6,8,12H,7H2,1H3. The largest absolute Gasteiger partial charge is 0.483 e. The van der Waals surface area contributed by atoms with Crippen molar-refractivity contribution in [3.8, 4) is 5.75 Å². The van der Waals surface area contributed by atoms with Crippen LogP contribution in [-0.4, -0.2) is 17.5 Å². The summed E-state index contributed by atoms with van der Waals surface area (Å²) in [6, 6.07) is 6.97. The molecule has 1 N–H and O–H groups in total. The van der Waals surface area contributed by atoms with Gasteiger partial charge < -0.3 is 9.84 Å². The molecular weight excluding hydrogens is 168 g/mol. The predicted octanol–water partition coefficient (Wildman–Crippen LogP) is 1.15. The average Bonchev–Trinajstić information content (AvgIpc) is 2.19. The summed E-state index contributed by atoms with van der Waals surface area (Å²) in [5, 5.41) is 8.76. The minimum absolute atomic E-state index is 0.0174. The zero-order valence-corrected chi connectivity index (χ0v) is 7.43. The number of aliphatic hydroxyl groups is 1. The van der Waals surface area contributed by atoms with Gasteiger partial charge in [0.25, 0.3) is 0 Å². The van der Waals surface area contributed by atoms with Crippen molar-refractivity contribution < 1.29 is 14.6 Å². The minimum atomic E-state index is -0.431. The van der Waals surface area contributed by atoms with Crippen LogP contribution < -0.4 is 4.74 Å². The number of ether oxygens (including phenoxy) is 1. The highest BCUT2D eigenvalue weighted by atomic mass is 16.5. The van der Waals surface area contributed by atoms with Gasteiger partial charge in [0.05, 0.1) is 6.61 Å². The number of aldehydes is 1. The molecule has 1 aromatic carbocycles. The fourth-order valence-corrected chi connectivity index (χ4v) is 0.916. The van der Waals surface area contributed by atoms with Crippen molar-refractivity contribution in [3.05, 3.63) is 29.8 Å². The number of hydrogen-bond donors (Lipinski definition) is 1. The number of rotatable bonds is 4. The van der Waals surface area contributed by atoms with Crippen molar-refractivity contribution in [1.29, 1.82) is 0 Å². The van der Waals surface area contributed by atoms with Gasteiger partial charge >= 0.3 is 0 Å². The lowest BCUT2D eigenvalue weighted by molar-refractivity contribution is -0.113. The van der Waals surface area contributed by atoms with Crippen LogP contribution in [0.4, 0.5) is 0 Å². The van der Waals surface area contributed by atoms with Crippen molar-refractivity contribution in [1.82, 2.24) is 0 Å². The first kappa shape index (κ1) is 9.74. The van der Waals surface area contributed by atoms with Gasteiger partial charge in [-0.2, -0.15) is 0 Å². The van der Waals surface area contributed by atoms with Crippen LogP contribution in [0.3, 0.4) is 0 Å². The topological polar surface area (TPSA) is 46.5 Å². The molecule has 1 aromatic rings. The van der Waals surface area contributed by atoms with Gasteiger partial charge in [0.15, 0.2) is 12.4 Å². The maximum absolute atomic E-state index is 10.3. The Bertz CT molecular complexity index is 266. The summed E-state index contributed by atoms with van der Waals surface area (Å²) in [5.74, 6) is 0.636. The second-order valence-corrected chi connectivity index (χ2v) is 2.76. The SMILES string of the molecule is CC(C=O)Oc1ccc(CO)cc1. The molecular formula is C10H12O3. The summed E-state index contributed by atoms with van der Waals surface area (Å²) in [5.41, 5.74) is 0.825. The molecule has 0 aromatic heterocycles. The van der Waals surface area contributed by atoms with E-state index in [4.69, 9.17) is 9.84 Å². The highest BCUT2D eigenvalue weighted by Gasteiger charge is 2.00. The van der Waals surface area contributed by atoms with Crippen molar-refractivity contribution >= 4 is 6.29 Å². The molecule has 1 unspecified atom stereocenters. The molecule has 3 nitrogen and oxygen atoms in total. The lowest BCUT2D eigenvalue weighted by atomic mass is 10.2. The molecule has 0 aliphatic carbocycles. The Labute approximate surface area is 77.0 Å². The third kappa shape index (κ3) is 2.87. The van der Waals surface area contributed by atoms with Gasteiger partial charge in [-0.15, -0.1) is 0 Å². The molecule has 0 saturated carbocycles. The molecule has 13 heavy (non-hydrogen) atoms. The maximum atomic E-state index is 10.3. The molecule has 0 spiro atoms. The van der Waals surface area contributed by atoms with Gasteiger partial charge in [-0.25, -0.2) is 0 Å². The van der Waals surface area contributed by atoms with Crippen LogP contribution in [0.15, 0.2) is 24.3 Å². The first-order chi connectivity index (χ1) is 6.26. The lowest BCUT2D eigenvalue weighted by Crippen LogP contribution is -2.12. The Balaban J connectivity index is 2.63. The van der Waals surface area contributed by atoms with Crippen molar-refractivity contribution in [2.24, 2.45) is 0 Å². The molecule has 3 heteroatoms. The molecule has 0 saturated heterocycles. The van der Waals surface area contributed by atoms with Crippen LogP contribution >= 0.6 is 0 Å². The molecule has 0 heterocycles. The summed E-state index contributed by atoms with van der Waals surface area (Å²) in [6.45, 7) is 1.69. The Morgan fingerprint density at radius 2 is 2.08 bits per heavy atom. The molecule has 0 radical (unpaired) electrons. The molecule has 1 atom stereocenters. The van der Waals surface area contributed by atoms with E-state index in [-0.39, 0.29) is 6.61 Å². The van der Waals surface area contributed by atoms with E-state index in [0.29, 0.717) is 5.75 Å². The minimum Gasteiger partial charge on any atom is -0.483 e. The smallest absolute Gasteiger partial charge is 0.160 e.